The lowest BCUT2D eigenvalue weighted by molar-refractivity contribution is 0.564. The SMILES string of the molecule is Nc1ccc(-c2ccc(N)c(N=C=O)c2)cc1N=C=O. The van der Waals surface area contributed by atoms with Gasteiger partial charge in [-0.2, -0.15) is 9.98 Å². The second-order valence-corrected chi connectivity index (χ2v) is 3.95. The number of anilines is 2. The summed E-state index contributed by atoms with van der Waals surface area (Å²) in [6.07, 6.45) is 2.90. The number of hydrogen-bond acceptors (Lipinski definition) is 6. The Morgan fingerprint density at radius 3 is 1.50 bits per heavy atom. The summed E-state index contributed by atoms with van der Waals surface area (Å²) >= 11 is 0. The molecule has 0 fully saturated rings. The topological polar surface area (TPSA) is 111 Å². The lowest BCUT2D eigenvalue weighted by atomic mass is 10.0. The number of benzene rings is 2. The number of rotatable bonds is 3. The van der Waals surface area contributed by atoms with E-state index in [1.807, 2.05) is 0 Å². The first-order valence-corrected chi connectivity index (χ1v) is 5.61. The third-order valence-electron chi connectivity index (χ3n) is 2.73. The second-order valence-electron chi connectivity index (χ2n) is 3.95. The van der Waals surface area contributed by atoms with E-state index in [-0.39, 0.29) is 0 Å². The average Bonchev–Trinajstić information content (AvgIpc) is 2.44. The number of carbonyl (C=O) groups excluding carboxylic acids is 2. The minimum Gasteiger partial charge on any atom is -0.397 e. The van der Waals surface area contributed by atoms with Crippen LogP contribution in [0, 0.1) is 0 Å². The van der Waals surface area contributed by atoms with Crippen LogP contribution in [0.4, 0.5) is 22.7 Å². The molecule has 0 aliphatic rings. The van der Waals surface area contributed by atoms with E-state index < -0.39 is 0 Å². The van der Waals surface area contributed by atoms with Crippen LogP contribution in [0.2, 0.25) is 0 Å². The first kappa shape index (κ1) is 13.2. The zero-order valence-corrected chi connectivity index (χ0v) is 10.3. The van der Waals surface area contributed by atoms with Gasteiger partial charge in [-0.15, -0.1) is 0 Å². The third kappa shape index (κ3) is 2.62. The first-order valence-electron chi connectivity index (χ1n) is 5.61. The summed E-state index contributed by atoms with van der Waals surface area (Å²) in [4.78, 5) is 27.7. The van der Waals surface area contributed by atoms with Gasteiger partial charge in [0.2, 0.25) is 12.2 Å². The maximum Gasteiger partial charge on any atom is 0.240 e. The second kappa shape index (κ2) is 5.63. The number of aliphatic imine (C=N–C) groups is 2. The molecule has 2 aromatic carbocycles. The average molecular weight is 266 g/mol. The van der Waals surface area contributed by atoms with Gasteiger partial charge in [0.1, 0.15) is 0 Å². The third-order valence-corrected chi connectivity index (χ3v) is 2.73. The van der Waals surface area contributed by atoms with E-state index in [9.17, 15) is 9.59 Å². The Morgan fingerprint density at radius 1 is 0.750 bits per heavy atom. The number of nitrogen functional groups attached to an aromatic ring is 2. The van der Waals surface area contributed by atoms with Crippen molar-refractivity contribution >= 4 is 34.9 Å². The van der Waals surface area contributed by atoms with Gasteiger partial charge in [-0.3, -0.25) is 0 Å². The monoisotopic (exact) mass is 266 g/mol. The molecule has 0 radical (unpaired) electrons. The quantitative estimate of drug-likeness (QED) is 0.504. The Kier molecular flexibility index (Phi) is 3.72. The zero-order valence-electron chi connectivity index (χ0n) is 10.3. The van der Waals surface area contributed by atoms with Crippen molar-refractivity contribution < 1.29 is 9.59 Å². The lowest BCUT2D eigenvalue weighted by Crippen LogP contribution is -1.88. The van der Waals surface area contributed by atoms with Gasteiger partial charge >= 0.3 is 0 Å². The molecule has 6 heteroatoms. The Morgan fingerprint density at radius 2 is 1.15 bits per heavy atom. The molecule has 6 nitrogen and oxygen atoms in total. The van der Waals surface area contributed by atoms with Crippen molar-refractivity contribution in [2.24, 2.45) is 9.98 Å². The molecule has 0 atom stereocenters. The molecule has 0 aliphatic heterocycles. The van der Waals surface area contributed by atoms with E-state index in [1.165, 1.54) is 12.2 Å². The van der Waals surface area contributed by atoms with Gasteiger partial charge in [0.05, 0.1) is 22.7 Å². The molecule has 0 heterocycles. The largest absolute Gasteiger partial charge is 0.397 e. The smallest absolute Gasteiger partial charge is 0.240 e. The van der Waals surface area contributed by atoms with Gasteiger partial charge in [-0.05, 0) is 35.4 Å². The molecule has 0 bridgehead atoms. The molecule has 0 aliphatic carbocycles. The summed E-state index contributed by atoms with van der Waals surface area (Å²) in [5.41, 5.74) is 14.3. The molecule has 2 aromatic rings. The molecule has 0 spiro atoms. The summed E-state index contributed by atoms with van der Waals surface area (Å²) in [7, 11) is 0. The van der Waals surface area contributed by atoms with E-state index in [2.05, 4.69) is 9.98 Å². The van der Waals surface area contributed by atoms with Crippen LogP contribution in [0.3, 0.4) is 0 Å². The molecule has 4 N–H and O–H groups in total. The van der Waals surface area contributed by atoms with Crippen molar-refractivity contribution in [2.75, 3.05) is 11.5 Å². The highest BCUT2D eigenvalue weighted by Gasteiger charge is 2.05. The van der Waals surface area contributed by atoms with Gasteiger partial charge in [0.15, 0.2) is 0 Å². The first-order chi connectivity index (χ1) is 9.65. The molecule has 0 unspecified atom stereocenters. The van der Waals surface area contributed by atoms with E-state index in [0.717, 1.165) is 11.1 Å². The fourth-order valence-electron chi connectivity index (χ4n) is 1.74. The van der Waals surface area contributed by atoms with Crippen molar-refractivity contribution in [1.29, 1.82) is 0 Å². The molecule has 0 aromatic heterocycles. The summed E-state index contributed by atoms with van der Waals surface area (Å²) in [5, 5.41) is 0. The maximum absolute atomic E-state index is 10.3. The summed E-state index contributed by atoms with van der Waals surface area (Å²) in [5.74, 6) is 0. The van der Waals surface area contributed by atoms with Crippen molar-refractivity contribution in [3.05, 3.63) is 36.4 Å². The standard InChI is InChI=1S/C14H10N4O2/c15-11-3-1-9(5-13(11)17-7-19)10-2-4-12(16)14(6-10)18-8-20/h1-6H,15-16H2. The Bertz CT molecular complexity index is 692. The van der Waals surface area contributed by atoms with Gasteiger partial charge < -0.3 is 11.5 Å². The van der Waals surface area contributed by atoms with Crippen LogP contribution in [-0.2, 0) is 9.59 Å². The van der Waals surface area contributed by atoms with Crippen LogP contribution in [-0.4, -0.2) is 12.2 Å². The fraction of sp³-hybridized carbons (Fsp3) is 0. The summed E-state index contributed by atoms with van der Waals surface area (Å²) in [6.45, 7) is 0. The predicted octanol–water partition coefficient (Wildman–Crippen LogP) is 2.45. The number of isocyanates is 2. The minimum atomic E-state index is 0.328. The molecule has 0 saturated carbocycles. The number of hydrogen-bond donors (Lipinski definition) is 2. The maximum atomic E-state index is 10.3. The van der Waals surface area contributed by atoms with Crippen LogP contribution in [0.1, 0.15) is 0 Å². The number of nitrogens with zero attached hydrogens (tertiary/aromatic N) is 2. The van der Waals surface area contributed by atoms with E-state index in [1.54, 1.807) is 36.4 Å². The van der Waals surface area contributed by atoms with Gasteiger partial charge in [0, 0.05) is 0 Å². The molecular weight excluding hydrogens is 256 g/mol. The Hall–Kier alpha value is -3.20. The number of nitrogens with two attached hydrogens (primary N) is 2. The molecule has 0 amide bonds. The van der Waals surface area contributed by atoms with E-state index in [4.69, 9.17) is 11.5 Å². The Balaban J connectivity index is 2.56. The molecule has 20 heavy (non-hydrogen) atoms. The van der Waals surface area contributed by atoms with Crippen LogP contribution in [0.5, 0.6) is 0 Å². The van der Waals surface area contributed by atoms with Crippen LogP contribution < -0.4 is 11.5 Å². The summed E-state index contributed by atoms with van der Waals surface area (Å²) in [6, 6.07) is 10.1. The van der Waals surface area contributed by atoms with Crippen molar-refractivity contribution in [3.8, 4) is 11.1 Å². The molecule has 2 rings (SSSR count). The lowest BCUT2D eigenvalue weighted by Gasteiger charge is -2.06. The van der Waals surface area contributed by atoms with Crippen LogP contribution in [0.25, 0.3) is 11.1 Å². The van der Waals surface area contributed by atoms with Crippen LogP contribution in [0.15, 0.2) is 46.4 Å². The molecule has 0 saturated heterocycles. The minimum absolute atomic E-state index is 0.328. The van der Waals surface area contributed by atoms with Crippen molar-refractivity contribution in [3.63, 3.8) is 0 Å². The normalized spacial score (nSPS) is 9.40. The zero-order chi connectivity index (χ0) is 14.5. The van der Waals surface area contributed by atoms with Crippen molar-refractivity contribution in [2.45, 2.75) is 0 Å². The van der Waals surface area contributed by atoms with E-state index >= 15 is 0 Å². The van der Waals surface area contributed by atoms with Gasteiger partial charge in [0.25, 0.3) is 0 Å². The molecular formula is C14H10N4O2. The van der Waals surface area contributed by atoms with Gasteiger partial charge in [-0.25, -0.2) is 9.59 Å². The predicted molar refractivity (Wildman–Crippen MR) is 76.3 cm³/mol. The fourth-order valence-corrected chi connectivity index (χ4v) is 1.74. The summed E-state index contributed by atoms with van der Waals surface area (Å²) < 4.78 is 0. The highest BCUT2D eigenvalue weighted by atomic mass is 16.1. The Labute approximate surface area is 114 Å². The highest BCUT2D eigenvalue weighted by molar-refractivity contribution is 5.79. The molecule has 98 valence electrons. The van der Waals surface area contributed by atoms with Crippen molar-refractivity contribution in [1.82, 2.24) is 0 Å². The van der Waals surface area contributed by atoms with Gasteiger partial charge in [-0.1, -0.05) is 12.1 Å². The highest BCUT2D eigenvalue weighted by Crippen LogP contribution is 2.32. The van der Waals surface area contributed by atoms with Crippen LogP contribution >= 0.6 is 0 Å². The van der Waals surface area contributed by atoms with E-state index in [0.29, 0.717) is 22.7 Å².